The van der Waals surface area contributed by atoms with E-state index in [0.29, 0.717) is 0 Å². The zero-order chi connectivity index (χ0) is 6.53. The number of pyridine rings is 1. The van der Waals surface area contributed by atoms with E-state index in [1.54, 1.807) is 18.5 Å². The molecule has 1 aromatic heterocycles. The number of aromatic nitrogens is 1. The van der Waals surface area contributed by atoms with Crippen molar-refractivity contribution < 1.29 is 31.1 Å². The van der Waals surface area contributed by atoms with Crippen molar-refractivity contribution in [2.45, 2.75) is 6.92 Å². The fourth-order valence-corrected chi connectivity index (χ4v) is 0.572. The van der Waals surface area contributed by atoms with Gasteiger partial charge < -0.3 is 17.1 Å². The molecule has 0 fully saturated rings. The van der Waals surface area contributed by atoms with Crippen molar-refractivity contribution in [2.24, 2.45) is 0 Å². The third-order valence-electron chi connectivity index (χ3n) is 0.924. The van der Waals surface area contributed by atoms with Crippen LogP contribution in [0.5, 0.6) is 0 Å². The fourth-order valence-electron chi connectivity index (χ4n) is 0.572. The Labute approximate surface area is 84.9 Å². The van der Waals surface area contributed by atoms with Gasteiger partial charge >= 0.3 is 31.1 Å². The summed E-state index contributed by atoms with van der Waals surface area (Å²) in [5.74, 6) is 0. The summed E-state index contributed by atoms with van der Waals surface area (Å²) in [6.07, 6.45) is 8.18. The molecule has 0 aliphatic rings. The average molecular weight is 355 g/mol. The second-order valence-corrected chi connectivity index (χ2v) is 1.63. The molecule has 1 aromatic rings. The smallest absolute Gasteiger partial charge is 0.379 e. The van der Waals surface area contributed by atoms with Crippen molar-refractivity contribution in [3.63, 3.8) is 0 Å². The Bertz CT molecular complexity index is 194. The molecule has 1 rings (SSSR count). The molecule has 0 N–H and O–H groups in total. The number of nitrogens with zero attached hydrogens (tertiary/aromatic N) is 1. The van der Waals surface area contributed by atoms with Crippen LogP contribution in [0.3, 0.4) is 0 Å². The SMILES string of the molecule is C[C-]=Cc1[c-]ccnc1.[U+2]. The van der Waals surface area contributed by atoms with Crippen molar-refractivity contribution in [3.8, 4) is 0 Å². The molecule has 0 aliphatic carbocycles. The maximum Gasteiger partial charge on any atom is 2.00 e. The minimum atomic E-state index is 0. The summed E-state index contributed by atoms with van der Waals surface area (Å²) in [5.41, 5.74) is 0.972. The maximum atomic E-state index is 3.90. The van der Waals surface area contributed by atoms with Crippen LogP contribution in [-0.2, 0) is 0 Å². The Morgan fingerprint density at radius 2 is 2.50 bits per heavy atom. The topological polar surface area (TPSA) is 12.9 Å². The molecule has 0 spiro atoms. The molecule has 2 heteroatoms. The van der Waals surface area contributed by atoms with E-state index in [-0.39, 0.29) is 31.1 Å². The standard InChI is InChI=1S/C8H7N.U/c1-2-4-8-5-3-6-9-7-8;/h3-4,6-7H,1H3;/q-2;+2. The Balaban J connectivity index is 0.000000810. The van der Waals surface area contributed by atoms with E-state index in [4.69, 9.17) is 0 Å². The second-order valence-electron chi connectivity index (χ2n) is 1.63. The predicted octanol–water partition coefficient (Wildman–Crippen LogP) is 1.72. The number of hydrogen-bond acceptors (Lipinski definition) is 1. The van der Waals surface area contributed by atoms with Crippen LogP contribution in [-0.4, -0.2) is 4.98 Å². The van der Waals surface area contributed by atoms with Crippen LogP contribution in [0.2, 0.25) is 0 Å². The summed E-state index contributed by atoms with van der Waals surface area (Å²) >= 11 is 0. The van der Waals surface area contributed by atoms with Crippen LogP contribution < -0.4 is 0 Å². The molecule has 0 bridgehead atoms. The Kier molecular flexibility index (Phi) is 5.67. The van der Waals surface area contributed by atoms with E-state index in [1.807, 2.05) is 13.0 Å². The van der Waals surface area contributed by atoms with E-state index >= 15 is 0 Å². The summed E-state index contributed by atoms with van der Waals surface area (Å²) in [4.78, 5) is 3.90. The predicted molar refractivity (Wildman–Crippen MR) is 36.5 cm³/mol. The minimum absolute atomic E-state index is 0. The summed E-state index contributed by atoms with van der Waals surface area (Å²) < 4.78 is 0. The monoisotopic (exact) mass is 355 g/mol. The van der Waals surface area contributed by atoms with Crippen molar-refractivity contribution in [1.29, 1.82) is 0 Å². The molecule has 0 atom stereocenters. The van der Waals surface area contributed by atoms with Gasteiger partial charge in [0.1, 0.15) is 0 Å². The molecular formula is C8H7NU. The van der Waals surface area contributed by atoms with Gasteiger partial charge in [-0.15, -0.1) is 19.2 Å². The van der Waals surface area contributed by atoms with Crippen LogP contribution in [0.4, 0.5) is 0 Å². The van der Waals surface area contributed by atoms with Gasteiger partial charge in [-0.2, -0.15) is 0 Å². The second kappa shape index (κ2) is 5.71. The molecular weight excluding hydrogens is 348 g/mol. The van der Waals surface area contributed by atoms with Crippen LogP contribution >= 0.6 is 0 Å². The Morgan fingerprint density at radius 3 is 3.00 bits per heavy atom. The van der Waals surface area contributed by atoms with Crippen LogP contribution in [0.25, 0.3) is 6.08 Å². The van der Waals surface area contributed by atoms with E-state index in [0.717, 1.165) is 5.56 Å². The zero-order valence-electron chi connectivity index (χ0n) is 5.76. The number of rotatable bonds is 1. The van der Waals surface area contributed by atoms with Crippen molar-refractivity contribution in [3.05, 3.63) is 36.2 Å². The summed E-state index contributed by atoms with van der Waals surface area (Å²) in [7, 11) is 0. The summed E-state index contributed by atoms with van der Waals surface area (Å²) in [6, 6.07) is 4.77. The van der Waals surface area contributed by atoms with Gasteiger partial charge in [0.05, 0.1) is 0 Å². The maximum absolute atomic E-state index is 3.90. The molecule has 10 heavy (non-hydrogen) atoms. The van der Waals surface area contributed by atoms with Crippen molar-refractivity contribution >= 4 is 6.08 Å². The number of hydrogen-bond donors (Lipinski definition) is 0. The first-order valence-electron chi connectivity index (χ1n) is 2.75. The molecule has 0 amide bonds. The quantitative estimate of drug-likeness (QED) is 0.700. The van der Waals surface area contributed by atoms with E-state index in [1.165, 1.54) is 0 Å². The zero-order valence-corrected chi connectivity index (χ0v) is 9.92. The van der Waals surface area contributed by atoms with Crippen LogP contribution in [0.15, 0.2) is 18.5 Å². The summed E-state index contributed by atoms with van der Waals surface area (Å²) in [5, 5.41) is 0. The minimum Gasteiger partial charge on any atom is -0.379 e. The van der Waals surface area contributed by atoms with E-state index in [9.17, 15) is 0 Å². The molecule has 1 nitrogen and oxygen atoms in total. The largest absolute Gasteiger partial charge is 2.00 e. The van der Waals surface area contributed by atoms with Gasteiger partial charge in [-0.25, -0.2) is 6.07 Å². The summed E-state index contributed by atoms with van der Waals surface area (Å²) in [6.45, 7) is 1.85. The third kappa shape index (κ3) is 3.20. The van der Waals surface area contributed by atoms with Crippen molar-refractivity contribution in [2.75, 3.05) is 0 Å². The van der Waals surface area contributed by atoms with Crippen molar-refractivity contribution in [1.82, 2.24) is 4.98 Å². The van der Waals surface area contributed by atoms with Gasteiger partial charge in [-0.3, -0.25) is 5.56 Å². The molecule has 0 saturated carbocycles. The van der Waals surface area contributed by atoms with E-state index < -0.39 is 0 Å². The molecule has 0 saturated heterocycles. The first-order chi connectivity index (χ1) is 4.43. The Hall–Kier alpha value is -0.0581. The van der Waals surface area contributed by atoms with Gasteiger partial charge in [0.2, 0.25) is 0 Å². The van der Waals surface area contributed by atoms with E-state index in [2.05, 4.69) is 17.1 Å². The Morgan fingerprint density at radius 1 is 1.70 bits per heavy atom. The molecule has 0 aromatic carbocycles. The van der Waals surface area contributed by atoms with Gasteiger partial charge in [-0.1, -0.05) is 6.20 Å². The average Bonchev–Trinajstić information content (AvgIpc) is 1.91. The normalized spacial score (nSPS) is 9.30. The molecule has 0 aliphatic heterocycles. The number of allylic oxidation sites excluding steroid dienone is 1. The van der Waals surface area contributed by atoms with Crippen LogP contribution in [0, 0.1) is 43.3 Å². The molecule has 0 radical (unpaired) electrons. The first kappa shape index (κ1) is 9.94. The fraction of sp³-hybridized carbons (Fsp3) is 0.125. The van der Waals surface area contributed by atoms with Gasteiger partial charge in [-0.05, 0) is 0 Å². The van der Waals surface area contributed by atoms with Crippen LogP contribution in [0.1, 0.15) is 12.5 Å². The third-order valence-corrected chi connectivity index (χ3v) is 0.924. The molecule has 0 unspecified atom stereocenters. The van der Waals surface area contributed by atoms with Gasteiger partial charge in [0.25, 0.3) is 0 Å². The molecule has 1 heterocycles. The molecule has 48 valence electrons. The van der Waals surface area contributed by atoms with Gasteiger partial charge in [0, 0.05) is 0 Å². The first-order valence-corrected chi connectivity index (χ1v) is 2.75. The van der Waals surface area contributed by atoms with Gasteiger partial charge in [0.15, 0.2) is 0 Å².